The van der Waals surface area contributed by atoms with Gasteiger partial charge in [-0.25, -0.2) is 0 Å². The number of carbonyl (C=O) groups is 2. The van der Waals surface area contributed by atoms with E-state index in [2.05, 4.69) is 24.1 Å². The molecule has 0 bridgehead atoms. The smallest absolute Gasteiger partial charge is 0.306 e. The summed E-state index contributed by atoms with van der Waals surface area (Å²) in [4.78, 5) is 27.4. The van der Waals surface area contributed by atoms with Gasteiger partial charge in [0.2, 0.25) is 0 Å². The number of esters is 2. The van der Waals surface area contributed by atoms with Crippen molar-refractivity contribution in [1.82, 2.24) is 10.2 Å². The molecule has 0 saturated carbocycles. The average molecular weight is 697 g/mol. The van der Waals surface area contributed by atoms with Crippen molar-refractivity contribution in [3.05, 3.63) is 0 Å². The standard InChI is InChI=1S/C41H84N4O4/c1-3-5-7-9-11-13-15-17-19-21-23-25-27-29-40(46)48-38-39(37-44-33-36-45(34-31-42)35-32-43)49-41(47)30-28-26-24-22-20-18-16-14-12-10-8-6-4-2/h39,44H,3-38,42-43H2,1-2H3. The Morgan fingerprint density at radius 1 is 0.531 bits per heavy atom. The lowest BCUT2D eigenvalue weighted by Gasteiger charge is -2.22. The van der Waals surface area contributed by atoms with Crippen LogP contribution in [-0.2, 0) is 19.1 Å². The van der Waals surface area contributed by atoms with Gasteiger partial charge in [0.05, 0.1) is 0 Å². The summed E-state index contributed by atoms with van der Waals surface area (Å²) in [5.41, 5.74) is 11.5. The molecule has 5 N–H and O–H groups in total. The summed E-state index contributed by atoms with van der Waals surface area (Å²) in [6, 6.07) is 0. The number of nitrogens with one attached hydrogen (secondary N) is 1. The molecular weight excluding hydrogens is 612 g/mol. The summed E-state index contributed by atoms with van der Waals surface area (Å²) >= 11 is 0. The van der Waals surface area contributed by atoms with Gasteiger partial charge in [-0.05, 0) is 12.8 Å². The zero-order valence-corrected chi connectivity index (χ0v) is 32.8. The summed E-state index contributed by atoms with van der Waals surface area (Å²) in [7, 11) is 0. The fraction of sp³-hybridized carbons (Fsp3) is 0.951. The molecule has 0 aromatic carbocycles. The highest BCUT2D eigenvalue weighted by Gasteiger charge is 2.17. The first-order chi connectivity index (χ1) is 24.1. The summed E-state index contributed by atoms with van der Waals surface area (Å²) in [6.07, 6.45) is 33.5. The van der Waals surface area contributed by atoms with Crippen LogP contribution >= 0.6 is 0 Å². The average Bonchev–Trinajstić information content (AvgIpc) is 3.09. The third-order valence-electron chi connectivity index (χ3n) is 9.56. The second-order valence-electron chi connectivity index (χ2n) is 14.4. The molecule has 0 spiro atoms. The number of hydrogen-bond acceptors (Lipinski definition) is 8. The number of nitrogens with zero attached hydrogens (tertiary/aromatic N) is 1. The molecule has 0 aromatic rings. The van der Waals surface area contributed by atoms with E-state index in [0.717, 1.165) is 51.9 Å². The van der Waals surface area contributed by atoms with Crippen LogP contribution < -0.4 is 16.8 Å². The van der Waals surface area contributed by atoms with Gasteiger partial charge in [-0.3, -0.25) is 14.5 Å². The maximum absolute atomic E-state index is 12.7. The molecule has 0 amide bonds. The van der Waals surface area contributed by atoms with E-state index in [4.69, 9.17) is 20.9 Å². The number of hydrogen-bond donors (Lipinski definition) is 3. The van der Waals surface area contributed by atoms with Crippen LogP contribution in [-0.4, -0.2) is 75.4 Å². The first-order valence-electron chi connectivity index (χ1n) is 21.3. The summed E-state index contributed by atoms with van der Waals surface area (Å²) < 4.78 is 11.4. The third-order valence-corrected chi connectivity index (χ3v) is 9.56. The number of carbonyl (C=O) groups excluding carboxylic acids is 2. The first-order valence-corrected chi connectivity index (χ1v) is 21.3. The minimum Gasteiger partial charge on any atom is -0.462 e. The van der Waals surface area contributed by atoms with Crippen LogP contribution in [0.5, 0.6) is 0 Å². The summed E-state index contributed by atoms with van der Waals surface area (Å²) in [5.74, 6) is -0.395. The minimum atomic E-state index is -0.484. The SMILES string of the molecule is CCCCCCCCCCCCCCCC(=O)OCC(CNCCN(CCN)CCN)OC(=O)CCCCCCCCCCCCCCC. The van der Waals surface area contributed by atoms with Crippen LogP contribution in [0.25, 0.3) is 0 Å². The molecular formula is C41H84N4O4. The predicted octanol–water partition coefficient (Wildman–Crippen LogP) is 9.21. The molecule has 0 saturated heterocycles. The van der Waals surface area contributed by atoms with Gasteiger partial charge in [0, 0.05) is 58.7 Å². The molecule has 0 aromatic heterocycles. The highest BCUT2D eigenvalue weighted by Crippen LogP contribution is 2.15. The van der Waals surface area contributed by atoms with E-state index in [1.165, 1.54) is 141 Å². The second-order valence-corrected chi connectivity index (χ2v) is 14.4. The molecule has 0 aliphatic heterocycles. The Bertz CT molecular complexity index is 690. The summed E-state index contributed by atoms with van der Waals surface area (Å²) in [6.45, 7) is 9.41. The maximum atomic E-state index is 12.7. The molecule has 49 heavy (non-hydrogen) atoms. The molecule has 1 unspecified atom stereocenters. The van der Waals surface area contributed by atoms with Gasteiger partial charge in [0.1, 0.15) is 12.7 Å². The van der Waals surface area contributed by atoms with Crippen LogP contribution in [0, 0.1) is 0 Å². The molecule has 0 heterocycles. The number of nitrogens with two attached hydrogens (primary N) is 2. The van der Waals surface area contributed by atoms with E-state index >= 15 is 0 Å². The third kappa shape index (κ3) is 36.4. The zero-order chi connectivity index (χ0) is 35.9. The van der Waals surface area contributed by atoms with E-state index in [1.54, 1.807) is 0 Å². The number of ether oxygens (including phenoxy) is 2. The van der Waals surface area contributed by atoms with Crippen molar-refractivity contribution in [3.8, 4) is 0 Å². The van der Waals surface area contributed by atoms with Crippen LogP contribution in [0.4, 0.5) is 0 Å². The van der Waals surface area contributed by atoms with Gasteiger partial charge in [0.25, 0.3) is 0 Å². The van der Waals surface area contributed by atoms with Gasteiger partial charge in [-0.15, -0.1) is 0 Å². The largest absolute Gasteiger partial charge is 0.462 e. The number of rotatable bonds is 40. The van der Waals surface area contributed by atoms with Crippen LogP contribution in [0.1, 0.15) is 194 Å². The van der Waals surface area contributed by atoms with Gasteiger partial charge in [-0.1, -0.05) is 168 Å². The first kappa shape index (κ1) is 47.8. The molecule has 0 rings (SSSR count). The molecule has 0 aliphatic rings. The highest BCUT2D eigenvalue weighted by atomic mass is 16.6. The van der Waals surface area contributed by atoms with Gasteiger partial charge >= 0.3 is 11.9 Å². The molecule has 8 heteroatoms. The van der Waals surface area contributed by atoms with Gasteiger partial charge in [-0.2, -0.15) is 0 Å². The van der Waals surface area contributed by atoms with Crippen molar-refractivity contribution in [2.24, 2.45) is 11.5 Å². The minimum absolute atomic E-state index is 0.101. The van der Waals surface area contributed by atoms with E-state index in [-0.39, 0.29) is 18.5 Å². The maximum Gasteiger partial charge on any atom is 0.306 e. The van der Waals surface area contributed by atoms with E-state index in [1.807, 2.05) is 0 Å². The monoisotopic (exact) mass is 697 g/mol. The molecule has 8 nitrogen and oxygen atoms in total. The molecule has 292 valence electrons. The van der Waals surface area contributed by atoms with E-state index in [0.29, 0.717) is 32.5 Å². The van der Waals surface area contributed by atoms with Crippen molar-refractivity contribution >= 4 is 11.9 Å². The van der Waals surface area contributed by atoms with Crippen molar-refractivity contribution in [3.63, 3.8) is 0 Å². The van der Waals surface area contributed by atoms with Crippen molar-refractivity contribution in [2.45, 2.75) is 200 Å². The normalized spacial score (nSPS) is 12.1. The molecule has 0 fully saturated rings. The quantitative estimate of drug-likeness (QED) is 0.0429. The fourth-order valence-corrected chi connectivity index (χ4v) is 6.41. The zero-order valence-electron chi connectivity index (χ0n) is 32.8. The van der Waals surface area contributed by atoms with Crippen LogP contribution in [0.3, 0.4) is 0 Å². The Morgan fingerprint density at radius 2 is 0.898 bits per heavy atom. The summed E-state index contributed by atoms with van der Waals surface area (Å²) in [5, 5.41) is 3.38. The molecule has 0 radical (unpaired) electrons. The predicted molar refractivity (Wildman–Crippen MR) is 209 cm³/mol. The van der Waals surface area contributed by atoms with Crippen LogP contribution in [0.15, 0.2) is 0 Å². The molecule has 0 aliphatic carbocycles. The highest BCUT2D eigenvalue weighted by molar-refractivity contribution is 5.70. The van der Waals surface area contributed by atoms with Gasteiger partial charge in [0.15, 0.2) is 0 Å². The molecule has 1 atom stereocenters. The lowest BCUT2D eigenvalue weighted by molar-refractivity contribution is -0.159. The Kier molecular flexibility index (Phi) is 38.6. The second kappa shape index (κ2) is 39.6. The van der Waals surface area contributed by atoms with Gasteiger partial charge < -0.3 is 26.3 Å². The Morgan fingerprint density at radius 3 is 1.29 bits per heavy atom. The topological polar surface area (TPSA) is 120 Å². The Balaban J connectivity index is 4.22. The van der Waals surface area contributed by atoms with Crippen LogP contribution in [0.2, 0.25) is 0 Å². The Hall–Kier alpha value is -1.22. The van der Waals surface area contributed by atoms with Crippen molar-refractivity contribution in [2.75, 3.05) is 52.4 Å². The van der Waals surface area contributed by atoms with Crippen molar-refractivity contribution in [1.29, 1.82) is 0 Å². The van der Waals surface area contributed by atoms with Crippen molar-refractivity contribution < 1.29 is 19.1 Å². The van der Waals surface area contributed by atoms with E-state index in [9.17, 15) is 9.59 Å². The van der Waals surface area contributed by atoms with E-state index < -0.39 is 6.10 Å². The number of unbranched alkanes of at least 4 members (excludes halogenated alkanes) is 24. The lowest BCUT2D eigenvalue weighted by Crippen LogP contribution is -2.41. The fourth-order valence-electron chi connectivity index (χ4n) is 6.41. The Labute approximate surface area is 304 Å². The lowest BCUT2D eigenvalue weighted by atomic mass is 10.0.